The third-order valence-corrected chi connectivity index (χ3v) is 0. The van der Waals surface area contributed by atoms with Gasteiger partial charge in [-0.1, -0.05) is 0 Å². The second kappa shape index (κ2) is 346. The average Bonchev–Trinajstić information content (AvgIpc) is 0.811. The van der Waals surface area contributed by atoms with Crippen LogP contribution >= 0.6 is 0 Å². The molecule has 52 heteroatoms. The van der Waals surface area contributed by atoms with Gasteiger partial charge < -0.3 is 10.2 Å². The van der Waals surface area contributed by atoms with Gasteiger partial charge in [0.05, 0.1) is 0 Å². The van der Waals surface area contributed by atoms with Crippen LogP contribution in [0.4, 0.5) is 4.79 Å². The Morgan fingerprint density at radius 2 is 0.132 bits per heavy atom. The van der Waals surface area contributed by atoms with Crippen LogP contribution in [0, 0.1) is 0 Å². The average molecular weight is 2030 g/mol. The molecule has 2 N–H and O–H groups in total. The van der Waals surface area contributed by atoms with Crippen molar-refractivity contribution in [1.82, 2.24) is 0 Å². The Labute approximate surface area is 1790 Å². The van der Waals surface area contributed by atoms with Crippen LogP contribution in [-0.2, 0) is 0 Å². The fourth-order valence-electron chi connectivity index (χ4n) is 0. The summed E-state index contributed by atoms with van der Waals surface area (Å²) in [6.07, 6.45) is -1.83. The van der Waals surface area contributed by atoms with E-state index in [1.807, 2.05) is 0 Å². The Kier molecular flexibility index (Phi) is 2320. The van der Waals surface area contributed by atoms with Crippen molar-refractivity contribution in [3.05, 3.63) is 0 Å². The fraction of sp³-hybridized carbons (Fsp3) is 0. The van der Waals surface area contributed by atoms with E-state index in [0.29, 0.717) is 0 Å². The number of carbonyl (C=O) groups is 1. The van der Waals surface area contributed by atoms with Crippen molar-refractivity contribution in [2.75, 3.05) is 0 Å². The van der Waals surface area contributed by atoms with E-state index in [-0.39, 0.29) is 1850 Å². The van der Waals surface area contributed by atoms with Crippen molar-refractivity contribution < 1.29 is 15.0 Å². The Balaban J connectivity index is -0.0000000000383. The summed E-state index contributed by atoms with van der Waals surface area (Å²) in [5.74, 6) is 0. The van der Waals surface area contributed by atoms with Crippen LogP contribution in [0.25, 0.3) is 0 Å². The molecule has 0 aliphatic heterocycles. The molecule has 0 aromatic heterocycles. The van der Waals surface area contributed by atoms with Crippen LogP contribution in [0.3, 0.4) is 0 Å². The predicted octanol–water partition coefficient (Wildman–Crippen LogP) is -18.4. The third kappa shape index (κ3) is 374. The van der Waals surface area contributed by atoms with Gasteiger partial charge in [-0.25, -0.2) is 4.79 Å². The number of carboxylic acid groups (broad SMARTS) is 2. The molecule has 0 unspecified atom stereocenters. The van der Waals surface area contributed by atoms with Gasteiger partial charge in [-0.05, 0) is 0 Å². The molecular formula is CH2Ca49O3+98. The first-order chi connectivity index (χ1) is 1.73. The molecule has 0 atom stereocenters. The summed E-state index contributed by atoms with van der Waals surface area (Å²) in [4.78, 5) is 8.56. The van der Waals surface area contributed by atoms with Crippen LogP contribution in [0.5, 0.6) is 0 Å². The summed E-state index contributed by atoms with van der Waals surface area (Å²) in [5, 5.41) is 13.9. The first-order valence-corrected chi connectivity index (χ1v) is 0.651. The van der Waals surface area contributed by atoms with Gasteiger partial charge in [-0.2, -0.15) is 0 Å². The van der Waals surface area contributed by atoms with Gasteiger partial charge in [0.15, 0.2) is 0 Å². The normalized spacial score (nSPS) is 0.453. The SMILES string of the molecule is O=C(O)O.[Ca+2].[Ca+2].[Ca+2].[Ca+2].[Ca+2].[Ca+2].[Ca+2].[Ca+2].[Ca+2].[Ca+2].[Ca+2].[Ca+2].[Ca+2].[Ca+2].[Ca+2].[Ca+2].[Ca+2].[Ca+2].[Ca+2].[Ca+2].[Ca+2].[Ca+2].[Ca+2].[Ca+2].[Ca+2].[Ca+2].[Ca+2].[Ca+2].[Ca+2].[Ca+2].[Ca+2].[Ca+2].[Ca+2].[Ca+2].[Ca+2].[Ca+2].[Ca+2].[Ca+2].[Ca+2].[Ca+2].[Ca+2].[Ca+2].[Ca+2].[Ca+2].[Ca+2].[Ca+2].[Ca+2].[Ca+2].[Ca+2]. The van der Waals surface area contributed by atoms with Gasteiger partial charge in [0, 0.05) is 0 Å². The number of rotatable bonds is 0. The topological polar surface area (TPSA) is 57.5 Å². The summed E-state index contributed by atoms with van der Waals surface area (Å²) < 4.78 is 0. The fourth-order valence-corrected chi connectivity index (χ4v) is 0. The van der Waals surface area contributed by atoms with Crippen molar-refractivity contribution in [3.8, 4) is 0 Å². The van der Waals surface area contributed by atoms with Crippen molar-refractivity contribution in [1.29, 1.82) is 0 Å². The minimum atomic E-state index is -1.83. The van der Waals surface area contributed by atoms with E-state index < -0.39 is 6.16 Å². The van der Waals surface area contributed by atoms with E-state index in [4.69, 9.17) is 15.0 Å². The van der Waals surface area contributed by atoms with Crippen molar-refractivity contribution in [3.63, 3.8) is 0 Å². The molecule has 0 fully saturated rings. The standard InChI is InChI=1S/CH2O3.49Ca/c2-1(3)4;;;;;;;;;;;;;;;;;;;;;;;;;;;;;;;;;;;;;;;;;;;;;;;;;/h(H2,2,3,4);;;;;;;;;;;;;;;;;;;;;;;;;;;;;;;;;;;;;;;;;;;;;;;;;/q;49*+2. The van der Waals surface area contributed by atoms with Crippen molar-refractivity contribution in [2.24, 2.45) is 0 Å². The largest absolute Gasteiger partial charge is 2.00 e. The Morgan fingerprint density at radius 1 is 0.132 bits per heavy atom. The minimum absolute atomic E-state index is 0. The molecule has 0 radical (unpaired) electrons. The van der Waals surface area contributed by atoms with E-state index in [1.165, 1.54) is 0 Å². The van der Waals surface area contributed by atoms with Gasteiger partial charge in [-0.3, -0.25) is 0 Å². The molecule has 0 heterocycles. The van der Waals surface area contributed by atoms with Crippen molar-refractivity contribution >= 4 is 1860 Å². The minimum Gasteiger partial charge on any atom is -0.450 e. The van der Waals surface area contributed by atoms with E-state index in [2.05, 4.69) is 0 Å². The van der Waals surface area contributed by atoms with Gasteiger partial charge in [-0.15, -0.1) is 0 Å². The molecule has 0 saturated heterocycles. The van der Waals surface area contributed by atoms with Crippen LogP contribution in [0.2, 0.25) is 0 Å². The molecule has 53 heavy (non-hydrogen) atoms. The summed E-state index contributed by atoms with van der Waals surface area (Å²) in [6, 6.07) is 0. The molecular weight excluding hydrogens is 2020 g/mol. The Bertz CT molecular complexity index is 46.7. The maximum Gasteiger partial charge on any atom is 2.00 e. The quantitative estimate of drug-likeness (QED) is 0.238. The molecule has 0 saturated carbocycles. The second-order valence-electron chi connectivity index (χ2n) is 0.283. The van der Waals surface area contributed by atoms with Gasteiger partial charge in [0.2, 0.25) is 0 Å². The van der Waals surface area contributed by atoms with Gasteiger partial charge in [0.1, 0.15) is 0 Å². The van der Waals surface area contributed by atoms with Gasteiger partial charge >= 0.3 is 1860 Å². The third-order valence-electron chi connectivity index (χ3n) is 0. The zero-order chi connectivity index (χ0) is 3.58. The molecule has 0 aromatic carbocycles. The molecule has 0 aromatic rings. The Morgan fingerprint density at radius 3 is 0.132 bits per heavy atom. The molecule has 0 bridgehead atoms. The van der Waals surface area contributed by atoms with Crippen LogP contribution < -0.4 is 0 Å². The van der Waals surface area contributed by atoms with Gasteiger partial charge in [0.25, 0.3) is 0 Å². The van der Waals surface area contributed by atoms with Crippen molar-refractivity contribution in [2.45, 2.75) is 0 Å². The summed E-state index contributed by atoms with van der Waals surface area (Å²) >= 11 is 0. The second-order valence-corrected chi connectivity index (χ2v) is 0.283. The van der Waals surface area contributed by atoms with Crippen LogP contribution in [0.1, 0.15) is 0 Å². The molecule has 0 spiro atoms. The van der Waals surface area contributed by atoms with E-state index in [9.17, 15) is 0 Å². The van der Waals surface area contributed by atoms with E-state index >= 15 is 0 Å². The maximum atomic E-state index is 8.56. The molecule has 0 rings (SSSR count). The zero-order valence-corrected chi connectivity index (χ0v) is 145. The zero-order valence-electron chi connectivity index (χ0n) is 36.5. The van der Waals surface area contributed by atoms with Crippen LogP contribution in [0.15, 0.2) is 0 Å². The maximum absolute atomic E-state index is 8.56. The first-order valence-electron chi connectivity index (χ1n) is 0.651. The molecule has 0 amide bonds. The van der Waals surface area contributed by atoms with Crippen LogP contribution in [-0.4, -0.2) is 1870 Å². The van der Waals surface area contributed by atoms with E-state index in [0.717, 1.165) is 0 Å². The number of hydrogen-bond donors (Lipinski definition) is 2. The molecule has 0 aliphatic carbocycles. The van der Waals surface area contributed by atoms with E-state index in [1.54, 1.807) is 0 Å². The smallest absolute Gasteiger partial charge is 0.450 e. The summed E-state index contributed by atoms with van der Waals surface area (Å²) in [7, 11) is 0. The summed E-state index contributed by atoms with van der Waals surface area (Å²) in [5.41, 5.74) is 0. The molecule has 3 nitrogen and oxygen atoms in total. The monoisotopic (exact) mass is 2020 g/mol. The Hall–Kier alpha value is 61.0. The first kappa shape index (κ1) is 355. The molecule has 0 aliphatic rings. The number of hydrogen-bond acceptors (Lipinski definition) is 1. The summed E-state index contributed by atoms with van der Waals surface area (Å²) in [6.45, 7) is 0. The predicted molar refractivity (Wildman–Crippen MR) is 293 cm³/mol. The molecule has 24 valence electrons.